The fourth-order valence-corrected chi connectivity index (χ4v) is 2.42. The van der Waals surface area contributed by atoms with E-state index in [9.17, 15) is 4.79 Å². The van der Waals surface area contributed by atoms with Crippen molar-refractivity contribution in [1.82, 2.24) is 10.3 Å². The van der Waals surface area contributed by atoms with Gasteiger partial charge in [-0.25, -0.2) is 4.98 Å². The van der Waals surface area contributed by atoms with Crippen molar-refractivity contribution in [2.45, 2.75) is 52.7 Å². The van der Waals surface area contributed by atoms with E-state index in [0.29, 0.717) is 5.88 Å². The number of aryl methyl sites for hydroxylation is 1. The summed E-state index contributed by atoms with van der Waals surface area (Å²) in [5.41, 5.74) is 1.21. The van der Waals surface area contributed by atoms with E-state index >= 15 is 0 Å². The highest BCUT2D eigenvalue weighted by atomic mass is 16.5. The third-order valence-electron chi connectivity index (χ3n) is 3.54. The maximum absolute atomic E-state index is 11.0. The molecule has 0 unspecified atom stereocenters. The van der Waals surface area contributed by atoms with Crippen LogP contribution in [0, 0.1) is 0 Å². The minimum absolute atomic E-state index is 0.00793. The van der Waals surface area contributed by atoms with Gasteiger partial charge in [0.1, 0.15) is 11.5 Å². The molecule has 0 fully saturated rings. The molecular formula is C20H26N2O3. The lowest BCUT2D eigenvalue weighted by molar-refractivity contribution is -0.119. The Bertz CT molecular complexity index is 666. The maximum Gasteiger partial charge on any atom is 0.219 e. The van der Waals surface area contributed by atoms with E-state index in [-0.39, 0.29) is 18.1 Å². The lowest BCUT2D eigenvalue weighted by atomic mass is 10.1. The van der Waals surface area contributed by atoms with Crippen molar-refractivity contribution in [2.75, 3.05) is 0 Å². The lowest BCUT2D eigenvalue weighted by Gasteiger charge is -2.12. The van der Waals surface area contributed by atoms with Crippen LogP contribution in [0.1, 0.15) is 39.7 Å². The molecule has 1 aromatic heterocycles. The number of carbonyl (C=O) groups excluding carboxylic acids is 1. The first kappa shape index (κ1) is 18.8. The highest BCUT2D eigenvalue weighted by Crippen LogP contribution is 2.22. The lowest BCUT2D eigenvalue weighted by Crippen LogP contribution is -2.30. The third kappa shape index (κ3) is 6.83. The first-order chi connectivity index (χ1) is 11.9. The smallest absolute Gasteiger partial charge is 0.219 e. The summed E-state index contributed by atoms with van der Waals surface area (Å²) < 4.78 is 11.3. The molecule has 0 spiro atoms. The zero-order valence-electron chi connectivity index (χ0n) is 15.3. The summed E-state index contributed by atoms with van der Waals surface area (Å²) in [5.74, 6) is 2.01. The Balaban J connectivity index is 1.86. The fourth-order valence-electron chi connectivity index (χ4n) is 2.42. The number of hydrogen-bond donors (Lipinski definition) is 1. The second kappa shape index (κ2) is 9.06. The molecule has 1 N–H and O–H groups in total. The van der Waals surface area contributed by atoms with E-state index in [0.717, 1.165) is 24.3 Å². The van der Waals surface area contributed by atoms with Gasteiger partial charge < -0.3 is 14.8 Å². The van der Waals surface area contributed by atoms with Gasteiger partial charge in [-0.1, -0.05) is 12.1 Å². The van der Waals surface area contributed by atoms with Crippen molar-refractivity contribution in [3.63, 3.8) is 0 Å². The number of pyridine rings is 1. The molecule has 2 aromatic rings. The Hall–Kier alpha value is -2.56. The van der Waals surface area contributed by atoms with Crippen molar-refractivity contribution in [2.24, 2.45) is 0 Å². The van der Waals surface area contributed by atoms with Crippen LogP contribution in [0.3, 0.4) is 0 Å². The number of ether oxygens (including phenoxy) is 2. The van der Waals surface area contributed by atoms with Crippen molar-refractivity contribution >= 4 is 5.91 Å². The number of nitrogens with zero attached hydrogens (tertiary/aromatic N) is 1. The Labute approximate surface area is 149 Å². The zero-order valence-corrected chi connectivity index (χ0v) is 15.3. The molecular weight excluding hydrogens is 316 g/mol. The summed E-state index contributed by atoms with van der Waals surface area (Å²) in [4.78, 5) is 15.3. The van der Waals surface area contributed by atoms with E-state index in [2.05, 4.69) is 10.3 Å². The molecule has 0 aliphatic carbocycles. The Kier molecular flexibility index (Phi) is 6.81. The minimum Gasteiger partial charge on any atom is -0.489 e. The Morgan fingerprint density at radius 1 is 1.08 bits per heavy atom. The molecule has 0 aliphatic heterocycles. The van der Waals surface area contributed by atoms with Gasteiger partial charge in [0.05, 0.1) is 12.3 Å². The number of hydrogen-bond acceptors (Lipinski definition) is 4. The number of carbonyl (C=O) groups is 1. The molecule has 0 bridgehead atoms. The van der Waals surface area contributed by atoms with Gasteiger partial charge in [-0.15, -0.1) is 0 Å². The van der Waals surface area contributed by atoms with Crippen LogP contribution in [0.25, 0.3) is 0 Å². The molecule has 0 aliphatic rings. The van der Waals surface area contributed by atoms with Gasteiger partial charge in [-0.2, -0.15) is 0 Å². The summed E-state index contributed by atoms with van der Waals surface area (Å²) >= 11 is 0. The van der Waals surface area contributed by atoms with Crippen LogP contribution >= 0.6 is 0 Å². The molecule has 5 heteroatoms. The molecule has 1 heterocycles. The zero-order chi connectivity index (χ0) is 18.2. The predicted molar refractivity (Wildman–Crippen MR) is 98.1 cm³/mol. The quantitative estimate of drug-likeness (QED) is 0.784. The van der Waals surface area contributed by atoms with Gasteiger partial charge in [0.2, 0.25) is 11.8 Å². The molecule has 2 rings (SSSR count). The number of nitrogens with one attached hydrogen (secondary N) is 1. The number of aromatic nitrogens is 1. The minimum atomic E-state index is 0.00793. The molecule has 134 valence electrons. The molecule has 1 amide bonds. The average Bonchev–Trinajstić information content (AvgIpc) is 2.55. The van der Waals surface area contributed by atoms with Crippen LogP contribution in [0.15, 0.2) is 42.6 Å². The van der Waals surface area contributed by atoms with Gasteiger partial charge in [-0.05, 0) is 57.4 Å². The standard InChI is InChI=1S/C20H26N2O3/c1-14(2)24-19-11-12-20(21-13-19)25-18-9-7-17(8-10-18)6-5-15(3)22-16(4)23/h7-15H,5-6H2,1-4H3,(H,22,23)/t15-/m1/s1. The van der Waals surface area contributed by atoms with Gasteiger partial charge in [0, 0.05) is 19.0 Å². The average molecular weight is 342 g/mol. The summed E-state index contributed by atoms with van der Waals surface area (Å²) in [6.45, 7) is 7.50. The third-order valence-corrected chi connectivity index (χ3v) is 3.54. The summed E-state index contributed by atoms with van der Waals surface area (Å²) in [5, 5.41) is 2.89. The molecule has 0 saturated carbocycles. The second-order valence-electron chi connectivity index (χ2n) is 6.39. The van der Waals surface area contributed by atoms with Crippen LogP contribution in [0.4, 0.5) is 0 Å². The van der Waals surface area contributed by atoms with E-state index in [1.807, 2.05) is 51.1 Å². The first-order valence-corrected chi connectivity index (χ1v) is 8.59. The topological polar surface area (TPSA) is 60.5 Å². The first-order valence-electron chi connectivity index (χ1n) is 8.59. The number of benzene rings is 1. The number of rotatable bonds is 8. The highest BCUT2D eigenvalue weighted by Gasteiger charge is 2.05. The second-order valence-corrected chi connectivity index (χ2v) is 6.39. The van der Waals surface area contributed by atoms with Crippen molar-refractivity contribution in [3.05, 3.63) is 48.2 Å². The van der Waals surface area contributed by atoms with E-state index in [1.54, 1.807) is 12.3 Å². The highest BCUT2D eigenvalue weighted by molar-refractivity contribution is 5.73. The molecule has 5 nitrogen and oxygen atoms in total. The van der Waals surface area contributed by atoms with Crippen LogP contribution in [-0.2, 0) is 11.2 Å². The van der Waals surface area contributed by atoms with Crippen molar-refractivity contribution in [3.8, 4) is 17.4 Å². The summed E-state index contributed by atoms with van der Waals surface area (Å²) in [6.07, 6.45) is 3.59. The van der Waals surface area contributed by atoms with Gasteiger partial charge in [0.25, 0.3) is 0 Å². The normalized spacial score (nSPS) is 11.9. The van der Waals surface area contributed by atoms with Crippen LogP contribution in [-0.4, -0.2) is 23.0 Å². The largest absolute Gasteiger partial charge is 0.489 e. The summed E-state index contributed by atoms with van der Waals surface area (Å²) in [6, 6.07) is 11.7. The molecule has 0 radical (unpaired) electrons. The van der Waals surface area contributed by atoms with E-state index < -0.39 is 0 Å². The fraction of sp³-hybridized carbons (Fsp3) is 0.400. The van der Waals surface area contributed by atoms with E-state index in [4.69, 9.17) is 9.47 Å². The van der Waals surface area contributed by atoms with Crippen LogP contribution < -0.4 is 14.8 Å². The van der Waals surface area contributed by atoms with Gasteiger partial charge >= 0.3 is 0 Å². The molecule has 1 aromatic carbocycles. The Morgan fingerprint density at radius 2 is 1.76 bits per heavy atom. The van der Waals surface area contributed by atoms with E-state index in [1.165, 1.54) is 12.5 Å². The molecule has 1 atom stereocenters. The number of amides is 1. The van der Waals surface area contributed by atoms with Crippen LogP contribution in [0.2, 0.25) is 0 Å². The maximum atomic E-state index is 11.0. The van der Waals surface area contributed by atoms with Gasteiger partial charge in [-0.3, -0.25) is 4.79 Å². The van der Waals surface area contributed by atoms with Crippen molar-refractivity contribution < 1.29 is 14.3 Å². The molecule has 0 saturated heterocycles. The Morgan fingerprint density at radius 3 is 2.32 bits per heavy atom. The van der Waals surface area contributed by atoms with Gasteiger partial charge in [0.15, 0.2) is 0 Å². The SMILES string of the molecule is CC(=O)N[C@H](C)CCc1ccc(Oc2ccc(OC(C)C)cn2)cc1. The van der Waals surface area contributed by atoms with Crippen LogP contribution in [0.5, 0.6) is 17.4 Å². The monoisotopic (exact) mass is 342 g/mol. The molecule has 25 heavy (non-hydrogen) atoms. The van der Waals surface area contributed by atoms with Crippen molar-refractivity contribution in [1.29, 1.82) is 0 Å². The summed E-state index contributed by atoms with van der Waals surface area (Å²) in [7, 11) is 0. The predicted octanol–water partition coefficient (Wildman–Crippen LogP) is 4.12.